The van der Waals surface area contributed by atoms with Gasteiger partial charge in [-0.2, -0.15) is 0 Å². The Kier molecular flexibility index (Phi) is 3.78. The van der Waals surface area contributed by atoms with Gasteiger partial charge in [0.2, 0.25) is 0 Å². The third kappa shape index (κ3) is 3.01. The van der Waals surface area contributed by atoms with Crippen LogP contribution in [-0.4, -0.2) is 24.2 Å². The predicted molar refractivity (Wildman–Crippen MR) is 52.2 cm³/mol. The summed E-state index contributed by atoms with van der Waals surface area (Å²) in [6, 6.07) is 1.10. The molecule has 6 heteroatoms. The van der Waals surface area contributed by atoms with Crippen LogP contribution >= 0.6 is 0 Å². The average Bonchev–Trinajstić information content (AvgIpc) is 2.28. The van der Waals surface area contributed by atoms with Crippen molar-refractivity contribution in [3.8, 4) is 11.8 Å². The largest absolute Gasteiger partial charge is 0.478 e. The fraction of sp³-hybridized carbons (Fsp3) is 0.0909. The number of methoxy groups -OCH3 is 1. The third-order valence-electron chi connectivity index (χ3n) is 1.77. The lowest BCUT2D eigenvalue weighted by Gasteiger charge is -1.99. The summed E-state index contributed by atoms with van der Waals surface area (Å²) in [5, 5.41) is 8.52. The predicted octanol–water partition coefficient (Wildman–Crippen LogP) is 1.19. The minimum Gasteiger partial charge on any atom is -0.478 e. The van der Waals surface area contributed by atoms with Gasteiger partial charge in [0.05, 0.1) is 18.2 Å². The summed E-state index contributed by atoms with van der Waals surface area (Å²) in [6.45, 7) is 0. The molecule has 0 radical (unpaired) electrons. The molecule has 0 aromatic heterocycles. The molecule has 0 spiro atoms. The molecule has 88 valence electrons. The minimum atomic E-state index is -1.59. The highest BCUT2D eigenvalue weighted by Crippen LogP contribution is 2.14. The van der Waals surface area contributed by atoms with Crippen molar-refractivity contribution in [2.75, 3.05) is 7.11 Å². The second-order valence-corrected chi connectivity index (χ2v) is 2.86. The Labute approximate surface area is 94.8 Å². The molecule has 4 nitrogen and oxygen atoms in total. The maximum absolute atomic E-state index is 13.3. The monoisotopic (exact) mass is 240 g/mol. The van der Waals surface area contributed by atoms with E-state index in [0.29, 0.717) is 12.1 Å². The number of hydrogen-bond donors (Lipinski definition) is 1. The summed E-state index contributed by atoms with van der Waals surface area (Å²) in [6.07, 6.45) is 0. The zero-order chi connectivity index (χ0) is 13.0. The van der Waals surface area contributed by atoms with Gasteiger partial charge in [0.15, 0.2) is 0 Å². The van der Waals surface area contributed by atoms with Crippen LogP contribution in [0.5, 0.6) is 0 Å². The number of carbonyl (C=O) groups excluding carboxylic acids is 1. The van der Waals surface area contributed by atoms with Crippen molar-refractivity contribution in [1.82, 2.24) is 0 Å². The quantitative estimate of drug-likeness (QED) is 0.591. The molecule has 0 saturated carbocycles. The fourth-order valence-electron chi connectivity index (χ4n) is 0.976. The number of carboxylic acids is 1. The van der Waals surface area contributed by atoms with Gasteiger partial charge in [0.25, 0.3) is 0 Å². The van der Waals surface area contributed by atoms with Crippen LogP contribution in [0.1, 0.15) is 15.9 Å². The number of esters is 1. The van der Waals surface area contributed by atoms with E-state index in [1.54, 1.807) is 0 Å². The van der Waals surface area contributed by atoms with E-state index in [-0.39, 0.29) is 0 Å². The van der Waals surface area contributed by atoms with Crippen LogP contribution in [0.4, 0.5) is 8.78 Å². The first-order valence-electron chi connectivity index (χ1n) is 4.28. The standard InChI is InChI=1S/C11H6F2O4/c1-17-10(14)3-2-6-4-9(13)7(11(15)16)5-8(6)12/h4-5H,1H3,(H,15,16). The molecule has 0 unspecified atom stereocenters. The Bertz CT molecular complexity index is 540. The third-order valence-corrected chi connectivity index (χ3v) is 1.77. The van der Waals surface area contributed by atoms with Crippen LogP contribution < -0.4 is 0 Å². The molecule has 0 amide bonds. The molecule has 0 aliphatic rings. The Morgan fingerprint density at radius 1 is 1.29 bits per heavy atom. The summed E-state index contributed by atoms with van der Waals surface area (Å²) >= 11 is 0. The minimum absolute atomic E-state index is 0.419. The summed E-state index contributed by atoms with van der Waals surface area (Å²) < 4.78 is 30.6. The Hall–Kier alpha value is -2.42. The summed E-state index contributed by atoms with van der Waals surface area (Å²) in [5.74, 6) is -0.720. The molecule has 0 bridgehead atoms. The van der Waals surface area contributed by atoms with Gasteiger partial charge in [-0.15, -0.1) is 0 Å². The van der Waals surface area contributed by atoms with Crippen LogP contribution in [0, 0.1) is 23.5 Å². The number of halogens is 2. The first kappa shape index (κ1) is 12.6. The van der Waals surface area contributed by atoms with Gasteiger partial charge in [-0.05, 0) is 12.1 Å². The van der Waals surface area contributed by atoms with Crippen molar-refractivity contribution in [2.24, 2.45) is 0 Å². The van der Waals surface area contributed by atoms with E-state index < -0.39 is 34.7 Å². The van der Waals surface area contributed by atoms with Crippen molar-refractivity contribution in [2.45, 2.75) is 0 Å². The Balaban J connectivity index is 3.19. The van der Waals surface area contributed by atoms with Crippen LogP contribution in [0.25, 0.3) is 0 Å². The van der Waals surface area contributed by atoms with E-state index in [1.807, 2.05) is 11.8 Å². The lowest BCUT2D eigenvalue weighted by molar-refractivity contribution is -0.133. The number of ether oxygens (including phenoxy) is 1. The second kappa shape index (κ2) is 5.07. The molecule has 1 aromatic rings. The van der Waals surface area contributed by atoms with E-state index in [0.717, 1.165) is 7.11 Å². The Morgan fingerprint density at radius 2 is 1.94 bits per heavy atom. The van der Waals surface area contributed by atoms with Gasteiger partial charge in [-0.25, -0.2) is 18.4 Å². The van der Waals surface area contributed by atoms with E-state index in [4.69, 9.17) is 5.11 Å². The maximum atomic E-state index is 13.3. The maximum Gasteiger partial charge on any atom is 0.384 e. The highest BCUT2D eigenvalue weighted by Gasteiger charge is 2.14. The van der Waals surface area contributed by atoms with Crippen molar-refractivity contribution < 1.29 is 28.2 Å². The number of carbonyl (C=O) groups is 2. The fourth-order valence-corrected chi connectivity index (χ4v) is 0.976. The molecule has 1 rings (SSSR count). The lowest BCUT2D eigenvalue weighted by atomic mass is 10.1. The van der Waals surface area contributed by atoms with Crippen molar-refractivity contribution in [3.05, 3.63) is 34.9 Å². The first-order chi connectivity index (χ1) is 7.95. The first-order valence-corrected chi connectivity index (χ1v) is 4.28. The van der Waals surface area contributed by atoms with E-state index in [9.17, 15) is 18.4 Å². The number of rotatable bonds is 1. The number of aromatic carboxylic acids is 1. The van der Waals surface area contributed by atoms with Crippen LogP contribution in [0.15, 0.2) is 12.1 Å². The summed E-state index contributed by atoms with van der Waals surface area (Å²) in [4.78, 5) is 21.1. The molecular weight excluding hydrogens is 234 g/mol. The summed E-state index contributed by atoms with van der Waals surface area (Å²) in [5.41, 5.74) is -1.22. The number of hydrogen-bond acceptors (Lipinski definition) is 3. The zero-order valence-corrected chi connectivity index (χ0v) is 8.58. The lowest BCUT2D eigenvalue weighted by Crippen LogP contribution is -2.03. The SMILES string of the molecule is COC(=O)C#Cc1cc(F)c(C(=O)O)cc1F. The van der Waals surface area contributed by atoms with Gasteiger partial charge >= 0.3 is 11.9 Å². The van der Waals surface area contributed by atoms with Gasteiger partial charge in [-0.1, -0.05) is 5.92 Å². The molecule has 0 atom stereocenters. The molecule has 0 heterocycles. The van der Waals surface area contributed by atoms with Gasteiger partial charge in [-0.3, -0.25) is 0 Å². The number of carboxylic acid groups (broad SMARTS) is 1. The van der Waals surface area contributed by atoms with Crippen molar-refractivity contribution in [3.63, 3.8) is 0 Å². The van der Waals surface area contributed by atoms with Crippen LogP contribution in [0.3, 0.4) is 0 Å². The van der Waals surface area contributed by atoms with Crippen LogP contribution in [-0.2, 0) is 9.53 Å². The topological polar surface area (TPSA) is 63.6 Å². The van der Waals surface area contributed by atoms with E-state index in [2.05, 4.69) is 4.74 Å². The van der Waals surface area contributed by atoms with E-state index in [1.165, 1.54) is 0 Å². The smallest absolute Gasteiger partial charge is 0.384 e. The molecule has 0 saturated heterocycles. The molecule has 0 aliphatic carbocycles. The van der Waals surface area contributed by atoms with Crippen molar-refractivity contribution in [1.29, 1.82) is 0 Å². The van der Waals surface area contributed by atoms with Gasteiger partial charge < -0.3 is 9.84 Å². The molecule has 17 heavy (non-hydrogen) atoms. The van der Waals surface area contributed by atoms with Crippen LogP contribution in [0.2, 0.25) is 0 Å². The molecule has 1 aromatic carbocycles. The number of benzene rings is 1. The molecule has 1 N–H and O–H groups in total. The zero-order valence-electron chi connectivity index (χ0n) is 8.58. The summed E-state index contributed by atoms with van der Waals surface area (Å²) in [7, 11) is 1.08. The highest BCUT2D eigenvalue weighted by molar-refractivity contribution is 5.90. The van der Waals surface area contributed by atoms with Gasteiger partial charge in [0.1, 0.15) is 11.6 Å². The molecule has 0 aliphatic heterocycles. The van der Waals surface area contributed by atoms with Gasteiger partial charge in [0, 0.05) is 5.92 Å². The normalized spacial score (nSPS) is 9.12. The highest BCUT2D eigenvalue weighted by atomic mass is 19.1. The Morgan fingerprint density at radius 3 is 2.47 bits per heavy atom. The van der Waals surface area contributed by atoms with Crippen molar-refractivity contribution >= 4 is 11.9 Å². The van der Waals surface area contributed by atoms with E-state index >= 15 is 0 Å². The second-order valence-electron chi connectivity index (χ2n) is 2.86. The average molecular weight is 240 g/mol. The molecular formula is C11H6F2O4. The molecule has 0 fully saturated rings.